The molecule has 0 heterocycles. The molecule has 0 bridgehead atoms. The van der Waals surface area contributed by atoms with Crippen LogP contribution in [-0.4, -0.2) is 37.2 Å². The van der Waals surface area contributed by atoms with E-state index in [9.17, 15) is 14.4 Å². The van der Waals surface area contributed by atoms with Gasteiger partial charge in [0.1, 0.15) is 13.2 Å². The highest BCUT2D eigenvalue weighted by Gasteiger charge is 2.19. The highest BCUT2D eigenvalue weighted by molar-refractivity contribution is 5.71. The molecule has 0 fully saturated rings. The van der Waals surface area contributed by atoms with Crippen LogP contribution in [0.15, 0.2) is 0 Å². The average Bonchev–Trinajstić information content (AvgIpc) is 3.14. The summed E-state index contributed by atoms with van der Waals surface area (Å²) in [5.74, 6) is 0.776. The average molecular weight is 765 g/mol. The van der Waals surface area contributed by atoms with E-state index >= 15 is 0 Å². The van der Waals surface area contributed by atoms with Crippen LogP contribution in [-0.2, 0) is 28.6 Å². The topological polar surface area (TPSA) is 78.9 Å². The third-order valence-corrected chi connectivity index (χ3v) is 10.7. The van der Waals surface area contributed by atoms with E-state index in [1.165, 1.54) is 148 Å². The number of hydrogen-bond donors (Lipinski definition) is 0. The van der Waals surface area contributed by atoms with Crippen LogP contribution in [0.2, 0.25) is 0 Å². The van der Waals surface area contributed by atoms with Crippen LogP contribution in [0.3, 0.4) is 0 Å². The van der Waals surface area contributed by atoms with Crippen LogP contribution in [0.5, 0.6) is 0 Å². The molecule has 320 valence electrons. The van der Waals surface area contributed by atoms with Crippen LogP contribution < -0.4 is 0 Å². The van der Waals surface area contributed by atoms with Gasteiger partial charge in [-0.15, -0.1) is 0 Å². The minimum atomic E-state index is -0.760. The SMILES string of the molecule is CCCCCCCCCCCCC(=O)OC[C@H](COC(=O)CCCCCCCCCCCCCC(C)C)OC(=O)CCCCCCCCCCCC(C)C. The van der Waals surface area contributed by atoms with E-state index in [2.05, 4.69) is 34.6 Å². The third kappa shape index (κ3) is 41.6. The maximum Gasteiger partial charge on any atom is 0.306 e. The summed E-state index contributed by atoms with van der Waals surface area (Å²) in [6.45, 7) is 11.3. The normalized spacial score (nSPS) is 12.1. The van der Waals surface area contributed by atoms with Crippen molar-refractivity contribution in [3.05, 3.63) is 0 Å². The van der Waals surface area contributed by atoms with Crippen molar-refractivity contribution in [2.45, 2.75) is 265 Å². The number of carbonyl (C=O) groups is 3. The zero-order chi connectivity index (χ0) is 39.7. The first-order chi connectivity index (χ1) is 26.2. The molecule has 0 spiro atoms. The first-order valence-corrected chi connectivity index (χ1v) is 23.7. The Bertz CT molecular complexity index is 824. The Hall–Kier alpha value is -1.59. The Labute approximate surface area is 336 Å². The highest BCUT2D eigenvalue weighted by Crippen LogP contribution is 2.17. The second-order valence-corrected chi connectivity index (χ2v) is 17.3. The minimum absolute atomic E-state index is 0.0647. The zero-order valence-electron chi connectivity index (χ0n) is 36.8. The molecule has 6 nitrogen and oxygen atoms in total. The van der Waals surface area contributed by atoms with Gasteiger partial charge in [0.05, 0.1) is 0 Å². The molecule has 0 aliphatic carbocycles. The standard InChI is InChI=1S/C48H92O6/c1-6-7-8-9-10-11-18-23-28-33-38-46(49)52-41-45(54-48(51)40-35-30-25-20-15-17-22-27-32-37-44(4)5)42-53-47(50)39-34-29-24-19-14-12-13-16-21-26-31-36-43(2)3/h43-45H,6-42H2,1-5H3/t45-/m1/s1. The summed E-state index contributed by atoms with van der Waals surface area (Å²) in [6.07, 6.45) is 39.4. The van der Waals surface area contributed by atoms with E-state index < -0.39 is 6.10 Å². The molecule has 0 unspecified atom stereocenters. The fraction of sp³-hybridized carbons (Fsp3) is 0.938. The molecule has 0 radical (unpaired) electrons. The quantitative estimate of drug-likeness (QED) is 0.0350. The highest BCUT2D eigenvalue weighted by atomic mass is 16.6. The van der Waals surface area contributed by atoms with Crippen LogP contribution in [0.1, 0.15) is 259 Å². The molecule has 0 saturated heterocycles. The van der Waals surface area contributed by atoms with Crippen LogP contribution >= 0.6 is 0 Å². The van der Waals surface area contributed by atoms with Gasteiger partial charge in [0.25, 0.3) is 0 Å². The lowest BCUT2D eigenvalue weighted by molar-refractivity contribution is -0.167. The lowest BCUT2D eigenvalue weighted by Crippen LogP contribution is -2.30. The molecule has 0 saturated carbocycles. The molecular weight excluding hydrogens is 673 g/mol. The predicted molar refractivity (Wildman–Crippen MR) is 229 cm³/mol. The number of esters is 3. The summed E-state index contributed by atoms with van der Waals surface area (Å²) < 4.78 is 16.7. The van der Waals surface area contributed by atoms with Gasteiger partial charge in [0.2, 0.25) is 0 Å². The predicted octanol–water partition coefficient (Wildman–Crippen LogP) is 15.0. The van der Waals surface area contributed by atoms with Gasteiger partial charge in [-0.2, -0.15) is 0 Å². The van der Waals surface area contributed by atoms with Gasteiger partial charge in [-0.1, -0.05) is 221 Å². The van der Waals surface area contributed by atoms with Crippen molar-refractivity contribution >= 4 is 17.9 Å². The van der Waals surface area contributed by atoms with Crippen LogP contribution in [0.4, 0.5) is 0 Å². The van der Waals surface area contributed by atoms with Crippen molar-refractivity contribution in [1.29, 1.82) is 0 Å². The van der Waals surface area contributed by atoms with Crippen LogP contribution in [0, 0.1) is 11.8 Å². The van der Waals surface area contributed by atoms with Gasteiger partial charge in [-0.3, -0.25) is 14.4 Å². The van der Waals surface area contributed by atoms with Gasteiger partial charge in [0.15, 0.2) is 6.10 Å². The monoisotopic (exact) mass is 765 g/mol. The molecule has 1 atom stereocenters. The van der Waals surface area contributed by atoms with Crippen molar-refractivity contribution < 1.29 is 28.6 Å². The lowest BCUT2D eigenvalue weighted by Gasteiger charge is -2.18. The molecule has 0 rings (SSSR count). The largest absolute Gasteiger partial charge is 0.462 e. The van der Waals surface area contributed by atoms with Gasteiger partial charge in [-0.25, -0.2) is 0 Å². The molecule has 0 aromatic carbocycles. The summed E-state index contributed by atoms with van der Waals surface area (Å²) in [6, 6.07) is 0. The van der Waals surface area contributed by atoms with E-state index in [-0.39, 0.29) is 31.1 Å². The summed E-state index contributed by atoms with van der Waals surface area (Å²) >= 11 is 0. The summed E-state index contributed by atoms with van der Waals surface area (Å²) in [7, 11) is 0. The minimum Gasteiger partial charge on any atom is -0.462 e. The fourth-order valence-electron chi connectivity index (χ4n) is 7.11. The summed E-state index contributed by atoms with van der Waals surface area (Å²) in [5, 5.41) is 0. The number of hydrogen-bond acceptors (Lipinski definition) is 6. The number of ether oxygens (including phenoxy) is 3. The molecule has 0 aliphatic heterocycles. The van der Waals surface area contributed by atoms with Crippen molar-refractivity contribution in [1.82, 2.24) is 0 Å². The second-order valence-electron chi connectivity index (χ2n) is 17.3. The van der Waals surface area contributed by atoms with Crippen molar-refractivity contribution in [2.75, 3.05) is 13.2 Å². The van der Waals surface area contributed by atoms with E-state index in [4.69, 9.17) is 14.2 Å². The van der Waals surface area contributed by atoms with E-state index in [0.717, 1.165) is 69.6 Å². The van der Waals surface area contributed by atoms with Crippen molar-refractivity contribution in [2.24, 2.45) is 11.8 Å². The lowest BCUT2D eigenvalue weighted by atomic mass is 10.0. The number of unbranched alkanes of at least 4 members (excludes halogenated alkanes) is 27. The molecule has 0 aliphatic rings. The first-order valence-electron chi connectivity index (χ1n) is 23.7. The molecule has 0 N–H and O–H groups in total. The van der Waals surface area contributed by atoms with E-state index in [0.29, 0.717) is 19.3 Å². The van der Waals surface area contributed by atoms with Crippen molar-refractivity contribution in [3.63, 3.8) is 0 Å². The second kappa shape index (κ2) is 41.1. The number of carbonyl (C=O) groups excluding carboxylic acids is 3. The molecule has 6 heteroatoms. The van der Waals surface area contributed by atoms with Gasteiger partial charge in [0, 0.05) is 19.3 Å². The Kier molecular flexibility index (Phi) is 39.8. The maximum atomic E-state index is 12.7. The summed E-state index contributed by atoms with van der Waals surface area (Å²) in [5.41, 5.74) is 0. The van der Waals surface area contributed by atoms with Gasteiger partial charge >= 0.3 is 17.9 Å². The molecule has 0 aromatic rings. The Balaban J connectivity index is 4.32. The molecular formula is C48H92O6. The van der Waals surface area contributed by atoms with E-state index in [1.54, 1.807) is 0 Å². The Morgan fingerprint density at radius 2 is 0.611 bits per heavy atom. The van der Waals surface area contributed by atoms with Gasteiger partial charge in [-0.05, 0) is 31.1 Å². The molecule has 0 aromatic heterocycles. The Morgan fingerprint density at radius 3 is 0.907 bits per heavy atom. The maximum absolute atomic E-state index is 12.7. The fourth-order valence-corrected chi connectivity index (χ4v) is 7.11. The van der Waals surface area contributed by atoms with Crippen molar-refractivity contribution in [3.8, 4) is 0 Å². The first kappa shape index (κ1) is 52.4. The molecule has 0 amide bonds. The Morgan fingerprint density at radius 1 is 0.352 bits per heavy atom. The van der Waals surface area contributed by atoms with E-state index in [1.807, 2.05) is 0 Å². The smallest absolute Gasteiger partial charge is 0.306 e. The zero-order valence-corrected chi connectivity index (χ0v) is 36.8. The molecule has 54 heavy (non-hydrogen) atoms. The van der Waals surface area contributed by atoms with Gasteiger partial charge < -0.3 is 14.2 Å². The van der Waals surface area contributed by atoms with Crippen LogP contribution in [0.25, 0.3) is 0 Å². The number of rotatable bonds is 42. The summed E-state index contributed by atoms with van der Waals surface area (Å²) in [4.78, 5) is 37.7. The third-order valence-electron chi connectivity index (χ3n) is 10.7.